The van der Waals surface area contributed by atoms with Crippen molar-refractivity contribution in [3.05, 3.63) is 28.8 Å². The average molecular weight is 527 g/mol. The minimum Gasteiger partial charge on any atom is -0.422 e. The number of ether oxygens (including phenoxy) is 1. The van der Waals surface area contributed by atoms with Gasteiger partial charge in [-0.2, -0.15) is 0 Å². The molecule has 0 saturated heterocycles. The van der Waals surface area contributed by atoms with Crippen LogP contribution in [-0.4, -0.2) is 69.8 Å². The Morgan fingerprint density at radius 2 is 1.66 bits per heavy atom. The smallest absolute Gasteiger partial charge is 0.370 e. The molecule has 0 N–H and O–H groups in total. The van der Waals surface area contributed by atoms with Gasteiger partial charge in [0, 0.05) is 6.42 Å². The summed E-state index contributed by atoms with van der Waals surface area (Å²) in [4.78, 5) is 13.5. The Balaban J connectivity index is 1.54. The van der Waals surface area contributed by atoms with Crippen LogP contribution in [0.2, 0.25) is 0 Å². The third-order valence-electron chi connectivity index (χ3n) is 11.2. The largest absolute Gasteiger partial charge is 0.422 e. The summed E-state index contributed by atoms with van der Waals surface area (Å²) in [6.45, 7) is 13.6. The summed E-state index contributed by atoms with van der Waals surface area (Å²) >= 11 is 0. The number of nitrogens with zero attached hydrogens (tertiary/aromatic N) is 2. The van der Waals surface area contributed by atoms with Crippen molar-refractivity contribution in [3.8, 4) is 5.75 Å². The van der Waals surface area contributed by atoms with Crippen LogP contribution in [-0.2, 0) is 16.6 Å². The number of benzene rings is 1. The Bertz CT molecular complexity index is 1050. The molecular weight excluding hydrogens is 468 g/mol. The molecule has 5 atom stereocenters. The molecule has 4 heteroatoms. The van der Waals surface area contributed by atoms with Gasteiger partial charge in [-0.1, -0.05) is 34.1 Å². The van der Waals surface area contributed by atoms with E-state index in [0.717, 1.165) is 48.4 Å². The van der Waals surface area contributed by atoms with Crippen molar-refractivity contribution in [1.29, 1.82) is 0 Å². The molecule has 0 radical (unpaired) electrons. The third kappa shape index (κ3) is 5.46. The highest BCUT2D eigenvalue weighted by molar-refractivity contribution is 5.77. The van der Waals surface area contributed by atoms with E-state index >= 15 is 0 Å². The number of quaternary nitrogens is 2. The van der Waals surface area contributed by atoms with Crippen LogP contribution in [0.4, 0.5) is 0 Å². The Kier molecular flexibility index (Phi) is 7.72. The molecule has 1 aromatic carbocycles. The molecule has 0 heterocycles. The summed E-state index contributed by atoms with van der Waals surface area (Å²) in [5.41, 5.74) is 5.38. The van der Waals surface area contributed by atoms with Gasteiger partial charge in [-0.15, -0.1) is 0 Å². The van der Waals surface area contributed by atoms with Crippen LogP contribution in [0.25, 0.3) is 0 Å². The average Bonchev–Trinajstić information content (AvgIpc) is 3.05. The van der Waals surface area contributed by atoms with Crippen LogP contribution in [0.15, 0.2) is 12.1 Å². The molecule has 2 unspecified atom stereocenters. The number of likely N-dealkylation sites (N-methyl/N-ethyl adjacent to an activating group) is 1. The molecule has 2 fully saturated rings. The summed E-state index contributed by atoms with van der Waals surface area (Å²) < 4.78 is 7.76. The normalized spacial score (nSPS) is 31.2. The van der Waals surface area contributed by atoms with E-state index in [1.807, 2.05) is 0 Å². The maximum atomic E-state index is 13.5. The zero-order valence-corrected chi connectivity index (χ0v) is 26.7. The maximum absolute atomic E-state index is 13.5. The molecule has 0 bridgehead atoms. The molecule has 0 amide bonds. The number of rotatable bonds is 8. The minimum atomic E-state index is -0.153. The first kappa shape index (κ1) is 29.6. The molecular formula is C34H58N2O2+2. The SMILES string of the molecule is Cc1cc(OC(=O)C(CCCC[N+](C)(C)C)[N+](C)(C)C)cc2c1[C@]1(C)CCC3C(C)(C)CCC[C@]3(C)[C@H]1C2. The highest BCUT2D eigenvalue weighted by Crippen LogP contribution is 2.68. The number of carbonyl (C=O) groups excluding carboxylic acids is 1. The van der Waals surface area contributed by atoms with Crippen LogP contribution in [0.3, 0.4) is 0 Å². The standard InChI is InChI=1S/C34H58N2O2/c1-24-21-26(38-31(37)27(36(9,10)11)15-12-13-20-35(6,7)8)22-25-23-29-33(4)18-14-17-32(2,3)28(33)16-19-34(29,5)30(24)25/h21-22,27-29H,12-20,23H2,1-11H3/q+2/t27?,28?,29-,33+,34-/m1/s1. The molecule has 0 spiro atoms. The van der Waals surface area contributed by atoms with Crippen LogP contribution in [0, 0.1) is 29.6 Å². The van der Waals surface area contributed by atoms with Crippen molar-refractivity contribution >= 4 is 5.97 Å². The molecule has 0 aromatic heterocycles. The van der Waals surface area contributed by atoms with Gasteiger partial charge >= 0.3 is 5.97 Å². The lowest BCUT2D eigenvalue weighted by Crippen LogP contribution is -2.55. The first-order valence-electron chi connectivity index (χ1n) is 15.4. The highest BCUT2D eigenvalue weighted by Gasteiger charge is 2.61. The second-order valence-electron chi connectivity index (χ2n) is 16.5. The van der Waals surface area contributed by atoms with Crippen molar-refractivity contribution in [3.63, 3.8) is 0 Å². The zero-order chi connectivity index (χ0) is 28.3. The second-order valence-corrected chi connectivity index (χ2v) is 16.5. The zero-order valence-electron chi connectivity index (χ0n) is 26.7. The van der Waals surface area contributed by atoms with Crippen molar-refractivity contribution in [1.82, 2.24) is 0 Å². The van der Waals surface area contributed by atoms with Crippen molar-refractivity contribution < 1.29 is 18.5 Å². The minimum absolute atomic E-state index is 0.0789. The molecule has 4 nitrogen and oxygen atoms in total. The summed E-state index contributed by atoms with van der Waals surface area (Å²) in [5.74, 6) is 2.15. The van der Waals surface area contributed by atoms with Gasteiger partial charge in [0.05, 0.1) is 48.8 Å². The lowest BCUT2D eigenvalue weighted by Gasteiger charge is -2.61. The fraction of sp³-hybridized carbons (Fsp3) is 0.794. The van der Waals surface area contributed by atoms with Crippen LogP contribution in [0.5, 0.6) is 5.75 Å². The number of aryl methyl sites for hydroxylation is 1. The quantitative estimate of drug-likeness (QED) is 0.159. The van der Waals surface area contributed by atoms with E-state index in [2.05, 4.69) is 89.0 Å². The van der Waals surface area contributed by atoms with Gasteiger partial charge in [0.2, 0.25) is 0 Å². The third-order valence-corrected chi connectivity index (χ3v) is 11.2. The summed E-state index contributed by atoms with van der Waals surface area (Å²) in [6.07, 6.45) is 10.9. The van der Waals surface area contributed by atoms with Gasteiger partial charge in [0.25, 0.3) is 0 Å². The molecule has 214 valence electrons. The van der Waals surface area contributed by atoms with E-state index in [4.69, 9.17) is 4.74 Å². The van der Waals surface area contributed by atoms with Gasteiger partial charge < -0.3 is 13.7 Å². The van der Waals surface area contributed by atoms with Gasteiger partial charge in [-0.3, -0.25) is 0 Å². The lowest BCUT2D eigenvalue weighted by atomic mass is 9.43. The van der Waals surface area contributed by atoms with Crippen molar-refractivity contribution in [2.75, 3.05) is 48.8 Å². The predicted octanol–water partition coefficient (Wildman–Crippen LogP) is 6.91. The fourth-order valence-electron chi connectivity index (χ4n) is 9.42. The monoisotopic (exact) mass is 526 g/mol. The van der Waals surface area contributed by atoms with Crippen LogP contribution < -0.4 is 4.74 Å². The Morgan fingerprint density at radius 3 is 2.29 bits per heavy atom. The first-order chi connectivity index (χ1) is 17.4. The van der Waals surface area contributed by atoms with Crippen LogP contribution >= 0.6 is 0 Å². The number of carbonyl (C=O) groups is 1. The summed E-state index contributed by atoms with van der Waals surface area (Å²) in [7, 11) is 13.0. The first-order valence-corrected chi connectivity index (χ1v) is 15.4. The summed E-state index contributed by atoms with van der Waals surface area (Å²) in [6, 6.07) is 4.24. The van der Waals surface area contributed by atoms with E-state index in [1.165, 1.54) is 43.2 Å². The Morgan fingerprint density at radius 1 is 0.974 bits per heavy atom. The Hall–Kier alpha value is -1.39. The number of unbranched alkanes of at least 4 members (excludes halogenated alkanes) is 1. The number of hydrogen-bond acceptors (Lipinski definition) is 2. The van der Waals surface area contributed by atoms with Crippen molar-refractivity contribution in [2.45, 2.75) is 104 Å². The maximum Gasteiger partial charge on any atom is 0.370 e. The predicted molar refractivity (Wildman–Crippen MR) is 158 cm³/mol. The van der Waals surface area contributed by atoms with Crippen LogP contribution in [0.1, 0.15) is 95.8 Å². The van der Waals surface area contributed by atoms with Crippen molar-refractivity contribution in [2.24, 2.45) is 22.7 Å². The van der Waals surface area contributed by atoms with E-state index in [0.29, 0.717) is 21.2 Å². The number of hydrogen-bond donors (Lipinski definition) is 0. The van der Waals surface area contributed by atoms with E-state index in [1.54, 1.807) is 5.56 Å². The van der Waals surface area contributed by atoms with E-state index in [9.17, 15) is 4.79 Å². The van der Waals surface area contributed by atoms with Gasteiger partial charge in [-0.25, -0.2) is 4.79 Å². The Labute approximate surface area is 234 Å². The molecule has 0 aliphatic heterocycles. The highest BCUT2D eigenvalue weighted by atomic mass is 16.5. The molecule has 3 aliphatic carbocycles. The fourth-order valence-corrected chi connectivity index (χ4v) is 9.42. The lowest BCUT2D eigenvalue weighted by molar-refractivity contribution is -0.887. The van der Waals surface area contributed by atoms with Gasteiger partial charge in [0.1, 0.15) is 5.75 Å². The molecule has 2 saturated carbocycles. The molecule has 3 aliphatic rings. The van der Waals surface area contributed by atoms with Gasteiger partial charge in [-0.05, 0) is 109 Å². The topological polar surface area (TPSA) is 26.3 Å². The molecule has 1 aromatic rings. The molecule has 4 rings (SSSR count). The number of esters is 1. The second kappa shape index (κ2) is 9.91. The van der Waals surface area contributed by atoms with Gasteiger partial charge in [0.15, 0.2) is 6.04 Å². The summed E-state index contributed by atoms with van der Waals surface area (Å²) in [5, 5.41) is 0. The molecule has 38 heavy (non-hydrogen) atoms. The number of fused-ring (bicyclic) bond motifs is 5. The van der Waals surface area contributed by atoms with E-state index < -0.39 is 0 Å². The van der Waals surface area contributed by atoms with E-state index in [-0.39, 0.29) is 17.4 Å².